The van der Waals surface area contributed by atoms with E-state index in [0.29, 0.717) is 5.84 Å². The molecule has 0 spiro atoms. The Kier molecular flexibility index (Phi) is 2.74. The number of nitrogens with zero attached hydrogens (tertiary/aromatic N) is 2. The van der Waals surface area contributed by atoms with Crippen molar-refractivity contribution in [2.24, 2.45) is 11.0 Å². The second kappa shape index (κ2) is 4.48. The van der Waals surface area contributed by atoms with Gasteiger partial charge >= 0.3 is 0 Å². The Labute approximate surface area is 122 Å². The first-order valence-corrected chi connectivity index (χ1v) is 7.54. The zero-order valence-electron chi connectivity index (χ0n) is 11.0. The van der Waals surface area contributed by atoms with Gasteiger partial charge in [-0.25, -0.2) is 0 Å². The minimum atomic E-state index is -0.0560. The van der Waals surface area contributed by atoms with Gasteiger partial charge in [0.1, 0.15) is 6.17 Å². The highest BCUT2D eigenvalue weighted by Gasteiger charge is 2.47. The van der Waals surface area contributed by atoms with Crippen molar-refractivity contribution < 1.29 is 4.79 Å². The maximum absolute atomic E-state index is 12.1. The molecule has 0 bridgehead atoms. The summed E-state index contributed by atoms with van der Waals surface area (Å²) in [6.07, 6.45) is 2.78. The van der Waals surface area contributed by atoms with Crippen LogP contribution in [0.5, 0.6) is 0 Å². The summed E-state index contributed by atoms with van der Waals surface area (Å²) in [5, 5.41) is 9.68. The number of hydrazone groups is 1. The van der Waals surface area contributed by atoms with Crippen LogP contribution >= 0.6 is 11.6 Å². The van der Waals surface area contributed by atoms with Crippen LogP contribution in [0.2, 0.25) is 0 Å². The summed E-state index contributed by atoms with van der Waals surface area (Å²) >= 11 is 6.43. The van der Waals surface area contributed by atoms with Crippen molar-refractivity contribution in [3.63, 3.8) is 0 Å². The fourth-order valence-electron chi connectivity index (χ4n) is 3.01. The Morgan fingerprint density at radius 1 is 1.30 bits per heavy atom. The fraction of sp³-hybridized carbons (Fsp3) is 0.467. The van der Waals surface area contributed by atoms with Gasteiger partial charge in [-0.3, -0.25) is 9.80 Å². The second-order valence-electron chi connectivity index (χ2n) is 5.73. The Morgan fingerprint density at radius 3 is 2.75 bits per heavy atom. The molecule has 3 aliphatic rings. The smallest absolute Gasteiger partial charge is 0.202 e. The molecular weight excluding hydrogens is 274 g/mol. The Morgan fingerprint density at radius 2 is 2.05 bits per heavy atom. The number of ketones is 1. The molecule has 4 nitrogen and oxygen atoms in total. The van der Waals surface area contributed by atoms with Crippen molar-refractivity contribution in [1.82, 2.24) is 10.3 Å². The third-order valence-corrected chi connectivity index (χ3v) is 4.68. The molecule has 1 aromatic rings. The van der Waals surface area contributed by atoms with Gasteiger partial charge in [0.15, 0.2) is 5.84 Å². The number of rotatable bonds is 3. The number of nitrogens with one attached hydrogen (secondary N) is 1. The van der Waals surface area contributed by atoms with E-state index in [1.54, 1.807) is 0 Å². The van der Waals surface area contributed by atoms with E-state index in [1.807, 2.05) is 23.2 Å². The minimum Gasteiger partial charge on any atom is -0.343 e. The number of fused-ring (bicyclic) bond motifs is 1. The molecule has 0 aromatic heterocycles. The van der Waals surface area contributed by atoms with E-state index in [1.165, 1.54) is 5.56 Å². The second-order valence-corrected chi connectivity index (χ2v) is 6.30. The van der Waals surface area contributed by atoms with E-state index in [0.717, 1.165) is 19.3 Å². The number of alkyl halides is 1. The maximum atomic E-state index is 12.1. The monoisotopic (exact) mass is 289 g/mol. The molecule has 1 N–H and O–H groups in total. The van der Waals surface area contributed by atoms with E-state index in [2.05, 4.69) is 22.6 Å². The van der Waals surface area contributed by atoms with E-state index >= 15 is 0 Å². The Balaban J connectivity index is 1.62. The molecule has 0 radical (unpaired) electrons. The molecule has 20 heavy (non-hydrogen) atoms. The molecule has 4 rings (SSSR count). The Hall–Kier alpha value is -1.55. The first kappa shape index (κ1) is 12.2. The summed E-state index contributed by atoms with van der Waals surface area (Å²) in [6.45, 7) is 0. The van der Waals surface area contributed by atoms with Crippen molar-refractivity contribution >= 4 is 23.2 Å². The summed E-state index contributed by atoms with van der Waals surface area (Å²) in [7, 11) is 0. The number of Topliss-reactive ketones (excluding diaryl/α,β-unsaturated/α-hetero) is 1. The number of halogens is 1. The number of hydrogen-bond donors (Lipinski definition) is 1. The highest BCUT2D eigenvalue weighted by Crippen LogP contribution is 2.41. The van der Waals surface area contributed by atoms with Crippen LogP contribution in [0.15, 0.2) is 35.4 Å². The van der Waals surface area contributed by atoms with Gasteiger partial charge in [0, 0.05) is 5.92 Å². The van der Waals surface area contributed by atoms with Crippen molar-refractivity contribution in [2.45, 2.75) is 36.8 Å². The summed E-state index contributed by atoms with van der Waals surface area (Å²) in [6, 6.07) is 10.4. The highest BCUT2D eigenvalue weighted by atomic mass is 35.5. The van der Waals surface area contributed by atoms with Gasteiger partial charge in [0.2, 0.25) is 5.78 Å². The number of benzene rings is 1. The van der Waals surface area contributed by atoms with Crippen LogP contribution in [-0.2, 0) is 4.79 Å². The Bertz CT molecular complexity index is 570. The highest BCUT2D eigenvalue weighted by molar-refractivity contribution is 6.40. The zero-order chi connectivity index (χ0) is 13.7. The van der Waals surface area contributed by atoms with Gasteiger partial charge in [-0.2, -0.15) is 5.10 Å². The van der Waals surface area contributed by atoms with Crippen LogP contribution < -0.4 is 5.32 Å². The number of hydrogen-bond acceptors (Lipinski definition) is 4. The summed E-state index contributed by atoms with van der Waals surface area (Å²) < 4.78 is 0. The molecule has 1 aliphatic carbocycles. The number of amidine groups is 1. The zero-order valence-corrected chi connectivity index (χ0v) is 11.8. The number of carbonyl (C=O) groups excluding carboxylic acids is 1. The molecule has 1 saturated heterocycles. The molecule has 2 aliphatic heterocycles. The SMILES string of the molecule is O=C(C1=NN2C(N1)[C@@H](Cl)C[C@H]2c1ccccc1)C1CC1. The average Bonchev–Trinajstić information content (AvgIpc) is 3.15. The standard InChI is InChI=1S/C15H16ClN3O/c16-11-8-12(9-4-2-1-3-5-9)19-15(11)17-14(18-19)13(20)10-6-7-10/h1-5,10-12,15H,6-8H2,(H,17,18)/t11-,12-,15?/m0/s1. The molecule has 5 heteroatoms. The van der Waals surface area contributed by atoms with Gasteiger partial charge in [-0.1, -0.05) is 30.3 Å². The molecule has 1 unspecified atom stereocenters. The predicted molar refractivity (Wildman–Crippen MR) is 77.4 cm³/mol. The third kappa shape index (κ3) is 1.90. The summed E-state index contributed by atoms with van der Waals surface area (Å²) in [5.41, 5.74) is 1.20. The predicted octanol–water partition coefficient (Wildman–Crippen LogP) is 2.26. The van der Waals surface area contributed by atoms with Crippen LogP contribution in [0.4, 0.5) is 0 Å². The van der Waals surface area contributed by atoms with Gasteiger partial charge in [0.05, 0.1) is 11.4 Å². The van der Waals surface area contributed by atoms with Gasteiger partial charge < -0.3 is 5.32 Å². The molecule has 104 valence electrons. The van der Waals surface area contributed by atoms with Crippen molar-refractivity contribution in [2.75, 3.05) is 0 Å². The van der Waals surface area contributed by atoms with E-state index in [4.69, 9.17) is 11.6 Å². The molecule has 2 fully saturated rings. The van der Waals surface area contributed by atoms with Crippen LogP contribution in [0.3, 0.4) is 0 Å². The van der Waals surface area contributed by atoms with Crippen LogP contribution in [0, 0.1) is 5.92 Å². The van der Waals surface area contributed by atoms with Crippen molar-refractivity contribution in [1.29, 1.82) is 0 Å². The molecule has 1 aromatic carbocycles. The molecule has 3 atom stereocenters. The van der Waals surface area contributed by atoms with Crippen LogP contribution in [0.1, 0.15) is 30.9 Å². The fourth-order valence-corrected chi connectivity index (χ4v) is 3.35. The lowest BCUT2D eigenvalue weighted by molar-refractivity contribution is -0.114. The minimum absolute atomic E-state index is 0.0338. The third-order valence-electron chi connectivity index (χ3n) is 4.26. The van der Waals surface area contributed by atoms with E-state index < -0.39 is 0 Å². The van der Waals surface area contributed by atoms with Gasteiger partial charge in [-0.15, -0.1) is 11.6 Å². The summed E-state index contributed by atoms with van der Waals surface area (Å²) in [5.74, 6) is 0.837. The lowest BCUT2D eigenvalue weighted by Gasteiger charge is -2.22. The molecule has 2 heterocycles. The largest absolute Gasteiger partial charge is 0.343 e. The average molecular weight is 290 g/mol. The van der Waals surface area contributed by atoms with Crippen LogP contribution in [-0.4, -0.2) is 28.2 Å². The van der Waals surface area contributed by atoms with E-state index in [9.17, 15) is 4.79 Å². The van der Waals surface area contributed by atoms with Gasteiger partial charge in [-0.05, 0) is 24.8 Å². The normalized spacial score (nSPS) is 31.8. The molecule has 0 amide bonds. The number of carbonyl (C=O) groups is 1. The lowest BCUT2D eigenvalue weighted by atomic mass is 10.1. The van der Waals surface area contributed by atoms with Crippen molar-refractivity contribution in [3.8, 4) is 0 Å². The first-order chi connectivity index (χ1) is 9.74. The van der Waals surface area contributed by atoms with Crippen molar-refractivity contribution in [3.05, 3.63) is 35.9 Å². The quantitative estimate of drug-likeness (QED) is 0.868. The maximum Gasteiger partial charge on any atom is 0.202 e. The lowest BCUT2D eigenvalue weighted by Crippen LogP contribution is -2.41. The topological polar surface area (TPSA) is 44.7 Å². The van der Waals surface area contributed by atoms with Crippen LogP contribution in [0.25, 0.3) is 0 Å². The van der Waals surface area contributed by atoms with E-state index in [-0.39, 0.29) is 29.3 Å². The molecule has 1 saturated carbocycles. The summed E-state index contributed by atoms with van der Waals surface area (Å²) in [4.78, 5) is 12.1. The van der Waals surface area contributed by atoms with Gasteiger partial charge in [0.25, 0.3) is 0 Å². The molecular formula is C15H16ClN3O. The first-order valence-electron chi connectivity index (χ1n) is 7.11.